The average Bonchev–Trinajstić information content (AvgIpc) is 2.92. The summed E-state index contributed by atoms with van der Waals surface area (Å²) in [5.41, 5.74) is 2.41. The molecule has 1 heterocycles. The van der Waals surface area contributed by atoms with E-state index >= 15 is 0 Å². The fourth-order valence-electron chi connectivity index (χ4n) is 2.22. The largest absolute Gasteiger partial charge is 0.315 e. The van der Waals surface area contributed by atoms with Crippen LogP contribution in [0.15, 0.2) is 42.7 Å². The van der Waals surface area contributed by atoms with Crippen LogP contribution in [0.3, 0.4) is 0 Å². The fraction of sp³-hybridized carbons (Fsp3) is 0.471. The Morgan fingerprint density at radius 2 is 1.90 bits per heavy atom. The Morgan fingerprint density at radius 3 is 2.65 bits per heavy atom. The van der Waals surface area contributed by atoms with Crippen LogP contribution in [0.5, 0.6) is 0 Å². The van der Waals surface area contributed by atoms with Gasteiger partial charge in [0, 0.05) is 18.3 Å². The maximum absolute atomic E-state index is 4.42. The predicted octanol–water partition coefficient (Wildman–Crippen LogP) is 3.58. The minimum atomic E-state index is 0.802. The molecule has 2 aromatic rings. The summed E-state index contributed by atoms with van der Waals surface area (Å²) >= 11 is 0. The van der Waals surface area contributed by atoms with E-state index in [4.69, 9.17) is 0 Å². The molecule has 0 atom stereocenters. The van der Waals surface area contributed by atoms with Gasteiger partial charge in [0.05, 0.1) is 12.7 Å². The van der Waals surface area contributed by atoms with Gasteiger partial charge in [-0.15, -0.1) is 0 Å². The number of hydrogen-bond acceptors (Lipinski definition) is 2. The molecule has 0 aliphatic rings. The number of aromatic nitrogens is 2. The molecule has 3 heteroatoms. The van der Waals surface area contributed by atoms with Gasteiger partial charge in [0.1, 0.15) is 0 Å². The van der Waals surface area contributed by atoms with Gasteiger partial charge in [0.25, 0.3) is 0 Å². The summed E-state index contributed by atoms with van der Waals surface area (Å²) in [6.45, 7) is 7.55. The number of rotatable bonds is 8. The van der Waals surface area contributed by atoms with E-state index in [1.807, 2.05) is 16.9 Å². The molecule has 0 saturated heterocycles. The minimum absolute atomic E-state index is 0.802. The molecule has 0 bridgehead atoms. The van der Waals surface area contributed by atoms with Crippen molar-refractivity contribution < 1.29 is 0 Å². The topological polar surface area (TPSA) is 29.9 Å². The number of nitrogens with zero attached hydrogens (tertiary/aromatic N) is 2. The van der Waals surface area contributed by atoms with Crippen molar-refractivity contribution in [3.8, 4) is 11.1 Å². The van der Waals surface area contributed by atoms with Gasteiger partial charge in [-0.05, 0) is 30.9 Å². The lowest BCUT2D eigenvalue weighted by Gasteiger charge is -2.06. The molecule has 3 nitrogen and oxygen atoms in total. The first-order valence-corrected chi connectivity index (χ1v) is 7.54. The Bertz CT molecular complexity index is 488. The quantitative estimate of drug-likeness (QED) is 0.744. The molecule has 0 aliphatic carbocycles. The van der Waals surface area contributed by atoms with E-state index in [9.17, 15) is 0 Å². The maximum atomic E-state index is 4.42. The van der Waals surface area contributed by atoms with Crippen LogP contribution >= 0.6 is 0 Å². The smallest absolute Gasteiger partial charge is 0.0568 e. The van der Waals surface area contributed by atoms with Crippen LogP contribution in [0, 0.1) is 5.92 Å². The normalized spacial score (nSPS) is 11.2. The summed E-state index contributed by atoms with van der Waals surface area (Å²) in [6.07, 6.45) is 6.61. The molecule has 1 aromatic heterocycles. The van der Waals surface area contributed by atoms with Crippen molar-refractivity contribution in [2.75, 3.05) is 13.1 Å². The van der Waals surface area contributed by atoms with Crippen LogP contribution in [0.25, 0.3) is 11.1 Å². The maximum Gasteiger partial charge on any atom is 0.0568 e. The molecule has 0 saturated carbocycles. The van der Waals surface area contributed by atoms with E-state index in [-0.39, 0.29) is 0 Å². The lowest BCUT2D eigenvalue weighted by Crippen LogP contribution is -2.21. The van der Waals surface area contributed by atoms with Gasteiger partial charge in [0.15, 0.2) is 0 Å². The second kappa shape index (κ2) is 7.85. The summed E-state index contributed by atoms with van der Waals surface area (Å²) in [5.74, 6) is 0.802. The molecule has 2 rings (SSSR count). The minimum Gasteiger partial charge on any atom is -0.315 e. The van der Waals surface area contributed by atoms with Crippen LogP contribution in [0.1, 0.15) is 26.7 Å². The summed E-state index contributed by atoms with van der Waals surface area (Å²) < 4.78 is 2.01. The SMILES string of the molecule is CC(C)CCCNCCn1cc(-c2ccccc2)cn1. The van der Waals surface area contributed by atoms with Crippen molar-refractivity contribution in [2.45, 2.75) is 33.2 Å². The van der Waals surface area contributed by atoms with E-state index < -0.39 is 0 Å². The van der Waals surface area contributed by atoms with E-state index in [2.05, 4.69) is 54.7 Å². The molecule has 0 fully saturated rings. The van der Waals surface area contributed by atoms with Gasteiger partial charge in [-0.1, -0.05) is 44.2 Å². The lowest BCUT2D eigenvalue weighted by atomic mass is 10.1. The summed E-state index contributed by atoms with van der Waals surface area (Å²) in [7, 11) is 0. The monoisotopic (exact) mass is 271 g/mol. The molecule has 0 aliphatic heterocycles. The predicted molar refractivity (Wildman–Crippen MR) is 84.6 cm³/mol. The Kier molecular flexibility index (Phi) is 5.81. The summed E-state index contributed by atoms with van der Waals surface area (Å²) in [4.78, 5) is 0. The molecular weight excluding hydrogens is 246 g/mol. The van der Waals surface area contributed by atoms with Gasteiger partial charge >= 0.3 is 0 Å². The summed E-state index contributed by atoms with van der Waals surface area (Å²) in [6, 6.07) is 10.4. The van der Waals surface area contributed by atoms with Gasteiger partial charge in [0.2, 0.25) is 0 Å². The van der Waals surface area contributed by atoms with Gasteiger partial charge in [-0.2, -0.15) is 5.10 Å². The highest BCUT2D eigenvalue weighted by Crippen LogP contribution is 2.17. The zero-order valence-electron chi connectivity index (χ0n) is 12.5. The van der Waals surface area contributed by atoms with Crippen molar-refractivity contribution >= 4 is 0 Å². The molecule has 108 valence electrons. The van der Waals surface area contributed by atoms with E-state index in [1.165, 1.54) is 24.0 Å². The third kappa shape index (κ3) is 4.82. The number of nitrogens with one attached hydrogen (secondary N) is 1. The summed E-state index contributed by atoms with van der Waals surface area (Å²) in [5, 5.41) is 7.89. The van der Waals surface area contributed by atoms with Crippen LogP contribution in [0.2, 0.25) is 0 Å². The van der Waals surface area contributed by atoms with Crippen molar-refractivity contribution in [2.24, 2.45) is 5.92 Å². The zero-order chi connectivity index (χ0) is 14.2. The fourth-order valence-corrected chi connectivity index (χ4v) is 2.22. The second-order valence-corrected chi connectivity index (χ2v) is 5.64. The molecule has 0 amide bonds. The molecule has 0 spiro atoms. The van der Waals surface area contributed by atoms with Crippen LogP contribution in [-0.4, -0.2) is 22.9 Å². The van der Waals surface area contributed by atoms with Crippen LogP contribution < -0.4 is 5.32 Å². The molecule has 0 unspecified atom stereocenters. The zero-order valence-corrected chi connectivity index (χ0v) is 12.5. The first-order chi connectivity index (χ1) is 9.75. The van der Waals surface area contributed by atoms with E-state index in [1.54, 1.807) is 0 Å². The van der Waals surface area contributed by atoms with Crippen LogP contribution in [-0.2, 0) is 6.54 Å². The number of hydrogen-bond donors (Lipinski definition) is 1. The highest BCUT2D eigenvalue weighted by Gasteiger charge is 2.00. The first-order valence-electron chi connectivity index (χ1n) is 7.54. The van der Waals surface area contributed by atoms with Crippen molar-refractivity contribution in [1.29, 1.82) is 0 Å². The highest BCUT2D eigenvalue weighted by molar-refractivity contribution is 5.61. The molecule has 0 radical (unpaired) electrons. The Labute approximate surface area is 122 Å². The van der Waals surface area contributed by atoms with Crippen LogP contribution in [0.4, 0.5) is 0 Å². The highest BCUT2D eigenvalue weighted by atomic mass is 15.3. The lowest BCUT2D eigenvalue weighted by molar-refractivity contribution is 0.504. The second-order valence-electron chi connectivity index (χ2n) is 5.64. The van der Waals surface area contributed by atoms with E-state index in [0.29, 0.717) is 0 Å². The van der Waals surface area contributed by atoms with Crippen molar-refractivity contribution in [1.82, 2.24) is 15.1 Å². The Hall–Kier alpha value is -1.61. The standard InChI is InChI=1S/C17H25N3/c1-15(2)7-6-10-18-11-12-20-14-17(13-19-20)16-8-4-3-5-9-16/h3-5,8-9,13-15,18H,6-7,10-12H2,1-2H3. The average molecular weight is 271 g/mol. The Balaban J connectivity index is 1.71. The number of benzene rings is 1. The van der Waals surface area contributed by atoms with Crippen molar-refractivity contribution in [3.05, 3.63) is 42.7 Å². The van der Waals surface area contributed by atoms with Gasteiger partial charge in [-0.3, -0.25) is 4.68 Å². The van der Waals surface area contributed by atoms with Crippen molar-refractivity contribution in [3.63, 3.8) is 0 Å². The third-order valence-corrected chi connectivity index (χ3v) is 3.39. The molecular formula is C17H25N3. The third-order valence-electron chi connectivity index (χ3n) is 3.39. The van der Waals surface area contributed by atoms with Gasteiger partial charge in [-0.25, -0.2) is 0 Å². The molecule has 1 aromatic carbocycles. The van der Waals surface area contributed by atoms with E-state index in [0.717, 1.165) is 25.6 Å². The first kappa shape index (κ1) is 14.8. The Morgan fingerprint density at radius 1 is 1.10 bits per heavy atom. The van der Waals surface area contributed by atoms with Gasteiger partial charge < -0.3 is 5.32 Å². The molecule has 20 heavy (non-hydrogen) atoms. The molecule has 1 N–H and O–H groups in total.